The predicted octanol–water partition coefficient (Wildman–Crippen LogP) is 2.52. The quantitative estimate of drug-likeness (QED) is 0.887. The highest BCUT2D eigenvalue weighted by Crippen LogP contribution is 2.31. The summed E-state index contributed by atoms with van der Waals surface area (Å²) < 4.78 is 5.48. The summed E-state index contributed by atoms with van der Waals surface area (Å²) in [7, 11) is 0. The van der Waals surface area contributed by atoms with Crippen molar-refractivity contribution >= 4 is 5.97 Å². The van der Waals surface area contributed by atoms with Gasteiger partial charge in [-0.05, 0) is 50.9 Å². The largest absolute Gasteiger partial charge is 0.494 e. The Kier molecular flexibility index (Phi) is 4.10. The fourth-order valence-corrected chi connectivity index (χ4v) is 2.64. The molecule has 1 aliphatic rings. The summed E-state index contributed by atoms with van der Waals surface area (Å²) in [5.41, 5.74) is 0.363. The number of carbonyl (C=O) groups is 1. The Labute approximate surface area is 114 Å². The molecule has 0 aromatic heterocycles. The molecule has 1 aliphatic heterocycles. The lowest BCUT2D eigenvalue weighted by molar-refractivity contribution is -0.148. The smallest absolute Gasteiger partial charge is 0.323 e. The van der Waals surface area contributed by atoms with Gasteiger partial charge in [0.1, 0.15) is 11.3 Å². The molecule has 4 heteroatoms. The van der Waals surface area contributed by atoms with Crippen LogP contribution in [0.2, 0.25) is 0 Å². The van der Waals surface area contributed by atoms with Gasteiger partial charge < -0.3 is 9.84 Å². The van der Waals surface area contributed by atoms with Crippen molar-refractivity contribution < 1.29 is 14.6 Å². The molecule has 1 heterocycles. The highest BCUT2D eigenvalue weighted by Gasteiger charge is 2.43. The first-order valence-electron chi connectivity index (χ1n) is 6.76. The van der Waals surface area contributed by atoms with Gasteiger partial charge in [0.05, 0.1) is 6.61 Å². The van der Waals surface area contributed by atoms with Gasteiger partial charge in [0.15, 0.2) is 0 Å². The molecular formula is C15H21NO3. The molecule has 1 aromatic rings. The van der Waals surface area contributed by atoms with Crippen molar-refractivity contribution in [3.05, 3.63) is 29.8 Å². The van der Waals surface area contributed by atoms with E-state index in [0.717, 1.165) is 24.3 Å². The Morgan fingerprint density at radius 2 is 2.32 bits per heavy atom. The lowest BCUT2D eigenvalue weighted by atomic mass is 9.99. The Morgan fingerprint density at radius 1 is 1.53 bits per heavy atom. The molecule has 2 rings (SSSR count). The average molecular weight is 263 g/mol. The number of likely N-dealkylation sites (tertiary alicyclic amines) is 1. The summed E-state index contributed by atoms with van der Waals surface area (Å²) in [5.74, 6) is 0.113. The van der Waals surface area contributed by atoms with E-state index in [-0.39, 0.29) is 0 Å². The van der Waals surface area contributed by atoms with Crippen LogP contribution in [0.25, 0.3) is 0 Å². The molecule has 104 valence electrons. The Morgan fingerprint density at radius 3 is 3.00 bits per heavy atom. The second-order valence-corrected chi connectivity index (χ2v) is 5.18. The number of carboxylic acid groups (broad SMARTS) is 1. The third-order valence-corrected chi connectivity index (χ3v) is 3.83. The van der Waals surface area contributed by atoms with Crippen LogP contribution in [-0.2, 0) is 11.3 Å². The maximum absolute atomic E-state index is 11.4. The van der Waals surface area contributed by atoms with Crippen LogP contribution in [0, 0.1) is 0 Å². The second kappa shape index (κ2) is 5.61. The second-order valence-electron chi connectivity index (χ2n) is 5.18. The van der Waals surface area contributed by atoms with Gasteiger partial charge in [-0.2, -0.15) is 0 Å². The molecule has 1 fully saturated rings. The minimum atomic E-state index is -0.735. The Bertz CT molecular complexity index is 460. The molecule has 1 saturated heterocycles. The number of benzene rings is 1. The molecule has 0 spiro atoms. The van der Waals surface area contributed by atoms with Crippen LogP contribution in [-0.4, -0.2) is 34.7 Å². The standard InChI is InChI=1S/C15H21NO3/c1-3-19-13-7-4-6-12(10-13)11-16-9-5-8-15(16,2)14(17)18/h4,6-7,10H,3,5,8-9,11H2,1-2H3,(H,17,18). The van der Waals surface area contributed by atoms with Crippen molar-refractivity contribution in [3.63, 3.8) is 0 Å². The number of rotatable bonds is 5. The lowest BCUT2D eigenvalue weighted by Crippen LogP contribution is -2.47. The van der Waals surface area contributed by atoms with Crippen molar-refractivity contribution in [2.24, 2.45) is 0 Å². The number of hydrogen-bond donors (Lipinski definition) is 1. The third-order valence-electron chi connectivity index (χ3n) is 3.83. The summed E-state index contributed by atoms with van der Waals surface area (Å²) in [4.78, 5) is 13.5. The number of hydrogen-bond acceptors (Lipinski definition) is 3. The van der Waals surface area contributed by atoms with Crippen molar-refractivity contribution in [1.29, 1.82) is 0 Å². The van der Waals surface area contributed by atoms with Crippen LogP contribution in [0.3, 0.4) is 0 Å². The zero-order valence-electron chi connectivity index (χ0n) is 11.6. The zero-order chi connectivity index (χ0) is 13.9. The summed E-state index contributed by atoms with van der Waals surface area (Å²) in [5, 5.41) is 9.39. The highest BCUT2D eigenvalue weighted by molar-refractivity contribution is 5.78. The van der Waals surface area contributed by atoms with E-state index >= 15 is 0 Å². The first-order chi connectivity index (χ1) is 9.06. The van der Waals surface area contributed by atoms with Crippen molar-refractivity contribution in [2.75, 3.05) is 13.2 Å². The van der Waals surface area contributed by atoms with E-state index in [0.29, 0.717) is 19.6 Å². The van der Waals surface area contributed by atoms with Gasteiger partial charge in [-0.25, -0.2) is 0 Å². The fraction of sp³-hybridized carbons (Fsp3) is 0.533. The topological polar surface area (TPSA) is 49.8 Å². The molecule has 19 heavy (non-hydrogen) atoms. The van der Waals surface area contributed by atoms with Crippen molar-refractivity contribution in [1.82, 2.24) is 4.90 Å². The van der Waals surface area contributed by atoms with Gasteiger partial charge in [-0.15, -0.1) is 0 Å². The molecule has 0 amide bonds. The molecule has 1 atom stereocenters. The van der Waals surface area contributed by atoms with E-state index in [1.54, 1.807) is 0 Å². The summed E-state index contributed by atoms with van der Waals surface area (Å²) in [6.07, 6.45) is 1.65. The van der Waals surface area contributed by atoms with Crippen LogP contribution in [0.5, 0.6) is 5.75 Å². The molecule has 0 radical (unpaired) electrons. The fourth-order valence-electron chi connectivity index (χ4n) is 2.64. The van der Waals surface area contributed by atoms with Gasteiger partial charge in [-0.1, -0.05) is 12.1 Å². The Balaban J connectivity index is 2.12. The molecule has 1 unspecified atom stereocenters. The van der Waals surface area contributed by atoms with Crippen molar-refractivity contribution in [2.45, 2.75) is 38.8 Å². The number of ether oxygens (including phenoxy) is 1. The van der Waals surface area contributed by atoms with Crippen LogP contribution in [0.1, 0.15) is 32.3 Å². The summed E-state index contributed by atoms with van der Waals surface area (Å²) in [6.45, 7) is 5.90. The molecule has 0 aliphatic carbocycles. The number of aliphatic carboxylic acids is 1. The van der Waals surface area contributed by atoms with E-state index in [1.807, 2.05) is 43.0 Å². The van der Waals surface area contributed by atoms with Crippen LogP contribution < -0.4 is 4.74 Å². The molecule has 1 N–H and O–H groups in total. The average Bonchev–Trinajstić information content (AvgIpc) is 2.73. The van der Waals surface area contributed by atoms with E-state index in [9.17, 15) is 9.90 Å². The summed E-state index contributed by atoms with van der Waals surface area (Å²) >= 11 is 0. The van der Waals surface area contributed by atoms with Crippen LogP contribution >= 0.6 is 0 Å². The van der Waals surface area contributed by atoms with Gasteiger partial charge in [-0.3, -0.25) is 9.69 Å². The first kappa shape index (κ1) is 13.9. The minimum Gasteiger partial charge on any atom is -0.494 e. The van der Waals surface area contributed by atoms with Crippen molar-refractivity contribution in [3.8, 4) is 5.75 Å². The SMILES string of the molecule is CCOc1cccc(CN2CCCC2(C)C(=O)O)c1. The molecule has 0 saturated carbocycles. The Hall–Kier alpha value is -1.55. The minimum absolute atomic E-state index is 0.639. The van der Waals surface area contributed by atoms with E-state index in [4.69, 9.17) is 4.74 Å². The normalized spacial score (nSPS) is 23.5. The molecule has 0 bridgehead atoms. The van der Waals surface area contributed by atoms with Gasteiger partial charge >= 0.3 is 5.97 Å². The molecule has 1 aromatic carbocycles. The maximum Gasteiger partial charge on any atom is 0.323 e. The summed E-state index contributed by atoms with van der Waals surface area (Å²) in [6, 6.07) is 7.88. The maximum atomic E-state index is 11.4. The van der Waals surface area contributed by atoms with E-state index in [2.05, 4.69) is 0 Å². The van der Waals surface area contributed by atoms with Gasteiger partial charge in [0.2, 0.25) is 0 Å². The van der Waals surface area contributed by atoms with E-state index < -0.39 is 11.5 Å². The highest BCUT2D eigenvalue weighted by atomic mass is 16.5. The number of nitrogens with zero attached hydrogens (tertiary/aromatic N) is 1. The van der Waals surface area contributed by atoms with Gasteiger partial charge in [0.25, 0.3) is 0 Å². The lowest BCUT2D eigenvalue weighted by Gasteiger charge is -2.31. The molecular weight excluding hydrogens is 242 g/mol. The van der Waals surface area contributed by atoms with Crippen LogP contribution in [0.15, 0.2) is 24.3 Å². The van der Waals surface area contributed by atoms with E-state index in [1.165, 1.54) is 0 Å². The third kappa shape index (κ3) is 2.89. The van der Waals surface area contributed by atoms with Crippen LogP contribution in [0.4, 0.5) is 0 Å². The van der Waals surface area contributed by atoms with Gasteiger partial charge in [0, 0.05) is 6.54 Å². The first-order valence-corrected chi connectivity index (χ1v) is 6.76. The number of carboxylic acids is 1. The predicted molar refractivity (Wildman–Crippen MR) is 73.3 cm³/mol. The zero-order valence-corrected chi connectivity index (χ0v) is 11.6. The monoisotopic (exact) mass is 263 g/mol. The molecule has 4 nitrogen and oxygen atoms in total.